The molecule has 1 aliphatic carbocycles. The second-order valence-corrected chi connectivity index (χ2v) is 6.87. The number of carbonyl (C=O) groups is 1. The molecule has 0 spiro atoms. The minimum atomic E-state index is -0.132. The van der Waals surface area contributed by atoms with Crippen LogP contribution in [-0.2, 0) is 6.54 Å². The number of pyridine rings is 1. The molecule has 0 aliphatic heterocycles. The lowest BCUT2D eigenvalue weighted by molar-refractivity contribution is 0.0946. The molecule has 25 heavy (non-hydrogen) atoms. The van der Waals surface area contributed by atoms with E-state index in [0.29, 0.717) is 18.3 Å². The predicted molar refractivity (Wildman–Crippen MR) is 102 cm³/mol. The smallest absolute Gasteiger partial charge is 0.270 e. The standard InChI is InChI=1S/C21H27N3O/c1-16-8-6-7-9-17(16)15-23-21(25)20-14-19(12-13-22-20)24-18-10-4-2-3-5-11-18/h6-9,12-14,18H,2-5,10-11,15H2,1H3,(H,22,24)(H,23,25). The molecule has 0 radical (unpaired) electrons. The van der Waals surface area contributed by atoms with Crippen molar-refractivity contribution in [1.82, 2.24) is 10.3 Å². The lowest BCUT2D eigenvalue weighted by Gasteiger charge is -2.18. The number of rotatable bonds is 5. The van der Waals surface area contributed by atoms with Gasteiger partial charge in [-0.15, -0.1) is 0 Å². The molecule has 2 N–H and O–H groups in total. The van der Waals surface area contributed by atoms with Crippen LogP contribution in [0, 0.1) is 6.92 Å². The van der Waals surface area contributed by atoms with E-state index in [-0.39, 0.29) is 5.91 Å². The number of nitrogens with one attached hydrogen (secondary N) is 2. The van der Waals surface area contributed by atoms with Crippen LogP contribution in [-0.4, -0.2) is 16.9 Å². The maximum atomic E-state index is 12.4. The van der Waals surface area contributed by atoms with Gasteiger partial charge in [-0.2, -0.15) is 0 Å². The molecule has 4 heteroatoms. The summed E-state index contributed by atoms with van der Waals surface area (Å²) in [4.78, 5) is 16.7. The van der Waals surface area contributed by atoms with Gasteiger partial charge in [-0.05, 0) is 43.0 Å². The van der Waals surface area contributed by atoms with Gasteiger partial charge in [-0.25, -0.2) is 0 Å². The van der Waals surface area contributed by atoms with Crippen molar-refractivity contribution in [2.45, 2.75) is 58.0 Å². The maximum Gasteiger partial charge on any atom is 0.270 e. The first kappa shape index (κ1) is 17.5. The molecule has 0 bridgehead atoms. The second-order valence-electron chi connectivity index (χ2n) is 6.87. The Morgan fingerprint density at radius 3 is 2.64 bits per heavy atom. The monoisotopic (exact) mass is 337 g/mol. The van der Waals surface area contributed by atoms with Crippen LogP contribution in [0.5, 0.6) is 0 Å². The van der Waals surface area contributed by atoms with Gasteiger partial charge < -0.3 is 10.6 Å². The van der Waals surface area contributed by atoms with E-state index in [2.05, 4.69) is 28.6 Å². The van der Waals surface area contributed by atoms with Gasteiger partial charge in [-0.1, -0.05) is 49.9 Å². The lowest BCUT2D eigenvalue weighted by Crippen LogP contribution is -2.24. The summed E-state index contributed by atoms with van der Waals surface area (Å²) in [5.74, 6) is -0.132. The van der Waals surface area contributed by atoms with Crippen LogP contribution in [0.3, 0.4) is 0 Å². The number of hydrogen-bond donors (Lipinski definition) is 2. The Morgan fingerprint density at radius 1 is 1.12 bits per heavy atom. The summed E-state index contributed by atoms with van der Waals surface area (Å²) < 4.78 is 0. The van der Waals surface area contributed by atoms with Crippen molar-refractivity contribution in [2.24, 2.45) is 0 Å². The summed E-state index contributed by atoms with van der Waals surface area (Å²) in [6.07, 6.45) is 9.36. The third-order valence-electron chi connectivity index (χ3n) is 4.92. The molecule has 0 unspecified atom stereocenters. The van der Waals surface area contributed by atoms with Gasteiger partial charge in [0.25, 0.3) is 5.91 Å². The molecule has 0 saturated heterocycles. The van der Waals surface area contributed by atoms with E-state index >= 15 is 0 Å². The molecule has 2 aromatic rings. The van der Waals surface area contributed by atoms with Crippen LogP contribution in [0.25, 0.3) is 0 Å². The zero-order chi connectivity index (χ0) is 17.5. The highest BCUT2D eigenvalue weighted by Crippen LogP contribution is 2.21. The van der Waals surface area contributed by atoms with Crippen LogP contribution in [0.4, 0.5) is 5.69 Å². The zero-order valence-corrected chi connectivity index (χ0v) is 14.9. The van der Waals surface area contributed by atoms with E-state index in [1.54, 1.807) is 6.20 Å². The molecule has 1 heterocycles. The fourth-order valence-corrected chi connectivity index (χ4v) is 3.38. The maximum absolute atomic E-state index is 12.4. The number of anilines is 1. The van der Waals surface area contributed by atoms with Crippen molar-refractivity contribution in [3.8, 4) is 0 Å². The minimum absolute atomic E-state index is 0.132. The van der Waals surface area contributed by atoms with Gasteiger partial charge in [0, 0.05) is 24.5 Å². The first-order valence-electron chi connectivity index (χ1n) is 9.27. The fourth-order valence-electron chi connectivity index (χ4n) is 3.38. The zero-order valence-electron chi connectivity index (χ0n) is 14.9. The summed E-state index contributed by atoms with van der Waals surface area (Å²) in [5.41, 5.74) is 3.76. The molecule has 1 aliphatic rings. The summed E-state index contributed by atoms with van der Waals surface area (Å²) in [6, 6.07) is 12.4. The molecule has 3 rings (SSSR count). The molecule has 1 amide bonds. The van der Waals surface area contributed by atoms with E-state index in [9.17, 15) is 4.79 Å². The molecule has 1 fully saturated rings. The Balaban J connectivity index is 1.60. The molecule has 0 atom stereocenters. The first-order chi connectivity index (χ1) is 12.2. The average Bonchev–Trinajstić information content (AvgIpc) is 2.90. The number of benzene rings is 1. The molecule has 132 valence electrons. The van der Waals surface area contributed by atoms with Crippen LogP contribution in [0.15, 0.2) is 42.6 Å². The average molecular weight is 337 g/mol. The van der Waals surface area contributed by atoms with E-state index in [1.807, 2.05) is 30.3 Å². The fraction of sp³-hybridized carbons (Fsp3) is 0.429. The topological polar surface area (TPSA) is 54.0 Å². The van der Waals surface area contributed by atoms with Gasteiger partial charge >= 0.3 is 0 Å². The summed E-state index contributed by atoms with van der Waals surface area (Å²) >= 11 is 0. The van der Waals surface area contributed by atoms with E-state index < -0.39 is 0 Å². The highest BCUT2D eigenvalue weighted by molar-refractivity contribution is 5.93. The molecular formula is C21H27N3O. The summed E-state index contributed by atoms with van der Waals surface area (Å²) in [7, 11) is 0. The molecular weight excluding hydrogens is 310 g/mol. The van der Waals surface area contributed by atoms with Crippen molar-refractivity contribution in [2.75, 3.05) is 5.32 Å². The number of hydrogen-bond acceptors (Lipinski definition) is 3. The minimum Gasteiger partial charge on any atom is -0.382 e. The Hall–Kier alpha value is -2.36. The normalized spacial score (nSPS) is 15.4. The van der Waals surface area contributed by atoms with Crippen molar-refractivity contribution < 1.29 is 4.79 Å². The Labute approximate surface area is 150 Å². The summed E-state index contributed by atoms with van der Waals surface area (Å²) in [6.45, 7) is 2.57. The Morgan fingerprint density at radius 2 is 1.88 bits per heavy atom. The highest BCUT2D eigenvalue weighted by atomic mass is 16.1. The van der Waals surface area contributed by atoms with Gasteiger partial charge in [0.05, 0.1) is 0 Å². The predicted octanol–water partition coefficient (Wildman–Crippen LogP) is 4.45. The van der Waals surface area contributed by atoms with E-state index in [4.69, 9.17) is 0 Å². The van der Waals surface area contributed by atoms with E-state index in [1.165, 1.54) is 44.1 Å². The molecule has 1 aromatic heterocycles. The van der Waals surface area contributed by atoms with Crippen molar-refractivity contribution in [1.29, 1.82) is 0 Å². The Kier molecular flexibility index (Phi) is 6.04. The van der Waals surface area contributed by atoms with Gasteiger partial charge in [0.2, 0.25) is 0 Å². The second kappa shape index (κ2) is 8.65. The third kappa shape index (κ3) is 5.05. The van der Waals surface area contributed by atoms with Crippen molar-refractivity contribution in [3.63, 3.8) is 0 Å². The highest BCUT2D eigenvalue weighted by Gasteiger charge is 2.13. The number of aromatic nitrogens is 1. The van der Waals surface area contributed by atoms with Crippen molar-refractivity contribution >= 4 is 11.6 Å². The summed E-state index contributed by atoms with van der Waals surface area (Å²) in [5, 5.41) is 6.55. The lowest BCUT2D eigenvalue weighted by atomic mass is 10.1. The number of nitrogens with zero attached hydrogens (tertiary/aromatic N) is 1. The Bertz CT molecular complexity index is 706. The van der Waals surface area contributed by atoms with E-state index in [0.717, 1.165) is 11.3 Å². The van der Waals surface area contributed by atoms with Crippen LogP contribution < -0.4 is 10.6 Å². The van der Waals surface area contributed by atoms with Gasteiger partial charge in [0.1, 0.15) is 5.69 Å². The SMILES string of the molecule is Cc1ccccc1CNC(=O)c1cc(NC2CCCCCC2)ccn1. The number of aryl methyl sites for hydroxylation is 1. The molecule has 1 saturated carbocycles. The first-order valence-corrected chi connectivity index (χ1v) is 9.27. The van der Waals surface area contributed by atoms with Crippen LogP contribution >= 0.6 is 0 Å². The van der Waals surface area contributed by atoms with Gasteiger partial charge in [0.15, 0.2) is 0 Å². The van der Waals surface area contributed by atoms with Crippen LogP contribution in [0.2, 0.25) is 0 Å². The molecule has 4 nitrogen and oxygen atoms in total. The quantitative estimate of drug-likeness (QED) is 0.792. The molecule has 1 aromatic carbocycles. The van der Waals surface area contributed by atoms with Crippen molar-refractivity contribution in [3.05, 3.63) is 59.4 Å². The third-order valence-corrected chi connectivity index (χ3v) is 4.92. The number of amides is 1. The van der Waals surface area contributed by atoms with Gasteiger partial charge in [-0.3, -0.25) is 9.78 Å². The van der Waals surface area contributed by atoms with Crippen LogP contribution in [0.1, 0.15) is 60.1 Å². The largest absolute Gasteiger partial charge is 0.382 e. The number of carbonyl (C=O) groups excluding carboxylic acids is 1.